The average molecular weight is 352 g/mol. The summed E-state index contributed by atoms with van der Waals surface area (Å²) in [6.07, 6.45) is 0. The number of aromatic nitrogens is 2. The highest BCUT2D eigenvalue weighted by Gasteiger charge is 2.16. The molecule has 0 atom stereocenters. The second kappa shape index (κ2) is 6.67. The zero-order valence-corrected chi connectivity index (χ0v) is 14.1. The van der Waals surface area contributed by atoms with E-state index in [1.807, 2.05) is 25.1 Å². The third kappa shape index (κ3) is 3.25. The largest absolute Gasteiger partial charge is 0.506 e. The van der Waals surface area contributed by atoms with Gasteiger partial charge in [0.15, 0.2) is 5.69 Å². The molecule has 1 aromatic heterocycles. The highest BCUT2D eigenvalue weighted by atomic mass is 16.4. The molecule has 0 fully saturated rings. The number of carboxylic acids is 1. The molecule has 0 saturated carbocycles. The van der Waals surface area contributed by atoms with Crippen molar-refractivity contribution in [1.82, 2.24) is 9.78 Å². The molecule has 3 rings (SSSR count). The quantitative estimate of drug-likeness (QED) is 0.613. The molecule has 0 aliphatic rings. The Hall–Kier alpha value is -3.68. The number of aryl methyl sites for hydroxylation is 2. The van der Waals surface area contributed by atoms with Crippen molar-refractivity contribution in [3.63, 3.8) is 0 Å². The van der Waals surface area contributed by atoms with Crippen molar-refractivity contribution in [2.24, 2.45) is 10.2 Å². The fourth-order valence-electron chi connectivity index (χ4n) is 2.41. The van der Waals surface area contributed by atoms with Gasteiger partial charge in [-0.2, -0.15) is 9.78 Å². The molecule has 0 aliphatic heterocycles. The van der Waals surface area contributed by atoms with Gasteiger partial charge in [-0.3, -0.25) is 0 Å². The molecule has 8 heteroatoms. The van der Waals surface area contributed by atoms with Crippen molar-refractivity contribution in [2.75, 3.05) is 0 Å². The minimum atomic E-state index is -1.16. The van der Waals surface area contributed by atoms with E-state index < -0.39 is 5.97 Å². The Kier molecular flexibility index (Phi) is 4.40. The van der Waals surface area contributed by atoms with Crippen LogP contribution >= 0.6 is 0 Å². The molecule has 2 aromatic carbocycles. The summed E-state index contributed by atoms with van der Waals surface area (Å²) in [6.45, 7) is 3.61. The molecule has 26 heavy (non-hydrogen) atoms. The van der Waals surface area contributed by atoms with Crippen LogP contribution in [0.3, 0.4) is 0 Å². The van der Waals surface area contributed by atoms with Crippen LogP contribution in [0.2, 0.25) is 0 Å². The standard InChI is InChI=1S/C18H16N4O4/c1-10-4-3-5-13(8-10)22-17(24)16(11(2)21-22)20-19-14-7-6-12(18(25)26)9-15(14)23/h3-9,23-24H,1-2H3,(H,25,26)/b20-19+. The number of phenolic OH excluding ortho intramolecular Hbond substituents is 1. The van der Waals surface area contributed by atoms with Gasteiger partial charge in [0.25, 0.3) is 0 Å². The highest BCUT2D eigenvalue weighted by molar-refractivity contribution is 5.88. The summed E-state index contributed by atoms with van der Waals surface area (Å²) in [4.78, 5) is 10.9. The van der Waals surface area contributed by atoms with E-state index in [0.29, 0.717) is 11.4 Å². The van der Waals surface area contributed by atoms with Gasteiger partial charge in [0, 0.05) is 0 Å². The van der Waals surface area contributed by atoms with Crippen molar-refractivity contribution in [3.05, 3.63) is 59.3 Å². The normalized spacial score (nSPS) is 11.2. The van der Waals surface area contributed by atoms with E-state index in [9.17, 15) is 15.0 Å². The number of rotatable bonds is 4. The first-order valence-electron chi connectivity index (χ1n) is 7.70. The number of hydrogen-bond acceptors (Lipinski definition) is 6. The molecule has 8 nitrogen and oxygen atoms in total. The maximum atomic E-state index is 10.9. The number of aromatic carboxylic acids is 1. The first-order valence-corrected chi connectivity index (χ1v) is 7.70. The molecule has 132 valence electrons. The number of carboxylic acid groups (broad SMARTS) is 1. The smallest absolute Gasteiger partial charge is 0.335 e. The van der Waals surface area contributed by atoms with Crippen molar-refractivity contribution in [1.29, 1.82) is 0 Å². The molecule has 3 aromatic rings. The van der Waals surface area contributed by atoms with E-state index >= 15 is 0 Å². The van der Waals surface area contributed by atoms with Crippen LogP contribution in [0.15, 0.2) is 52.7 Å². The van der Waals surface area contributed by atoms with Gasteiger partial charge in [-0.05, 0) is 49.7 Å². The summed E-state index contributed by atoms with van der Waals surface area (Å²) in [5, 5.41) is 41.3. The van der Waals surface area contributed by atoms with E-state index in [1.54, 1.807) is 13.0 Å². The predicted octanol–water partition coefficient (Wildman–Crippen LogP) is 4.01. The Balaban J connectivity index is 1.96. The van der Waals surface area contributed by atoms with Gasteiger partial charge in [-0.15, -0.1) is 10.2 Å². The van der Waals surface area contributed by atoms with Crippen molar-refractivity contribution >= 4 is 17.3 Å². The predicted molar refractivity (Wildman–Crippen MR) is 93.9 cm³/mol. The summed E-state index contributed by atoms with van der Waals surface area (Å²) in [7, 11) is 0. The zero-order chi connectivity index (χ0) is 18.8. The number of aromatic hydroxyl groups is 2. The lowest BCUT2D eigenvalue weighted by atomic mass is 10.2. The Morgan fingerprint density at radius 2 is 1.85 bits per heavy atom. The van der Waals surface area contributed by atoms with Gasteiger partial charge < -0.3 is 15.3 Å². The minimum Gasteiger partial charge on any atom is -0.506 e. The van der Waals surface area contributed by atoms with Crippen molar-refractivity contribution in [3.8, 4) is 17.3 Å². The monoisotopic (exact) mass is 352 g/mol. The lowest BCUT2D eigenvalue weighted by Gasteiger charge is -2.03. The van der Waals surface area contributed by atoms with Crippen LogP contribution in [0.5, 0.6) is 11.6 Å². The second-order valence-corrected chi connectivity index (χ2v) is 5.72. The second-order valence-electron chi connectivity index (χ2n) is 5.72. The third-order valence-corrected chi connectivity index (χ3v) is 3.73. The van der Waals surface area contributed by atoms with Gasteiger partial charge in [0.1, 0.15) is 11.4 Å². The van der Waals surface area contributed by atoms with Gasteiger partial charge in [-0.25, -0.2) is 4.79 Å². The fraction of sp³-hybridized carbons (Fsp3) is 0.111. The van der Waals surface area contributed by atoms with Gasteiger partial charge in [0.2, 0.25) is 5.88 Å². The van der Waals surface area contributed by atoms with Crippen LogP contribution in [0.1, 0.15) is 21.6 Å². The van der Waals surface area contributed by atoms with Gasteiger partial charge in [-0.1, -0.05) is 12.1 Å². The SMILES string of the molecule is Cc1cccc(-n2nc(C)c(/N=N/c3ccc(C(=O)O)cc3O)c2O)c1. The summed E-state index contributed by atoms with van der Waals surface area (Å²) >= 11 is 0. The van der Waals surface area contributed by atoms with Crippen LogP contribution in [0.4, 0.5) is 11.4 Å². The van der Waals surface area contributed by atoms with E-state index in [0.717, 1.165) is 11.6 Å². The Labute approximate surface area is 148 Å². The maximum absolute atomic E-state index is 10.9. The summed E-state index contributed by atoms with van der Waals surface area (Å²) in [5.74, 6) is -1.66. The van der Waals surface area contributed by atoms with Crippen LogP contribution in [0.25, 0.3) is 5.69 Å². The van der Waals surface area contributed by atoms with Crippen LogP contribution in [0, 0.1) is 13.8 Å². The third-order valence-electron chi connectivity index (χ3n) is 3.73. The molecule has 0 amide bonds. The Bertz CT molecular complexity index is 1020. The van der Waals surface area contributed by atoms with Crippen molar-refractivity contribution in [2.45, 2.75) is 13.8 Å². The number of azo groups is 1. The van der Waals surface area contributed by atoms with E-state index in [-0.39, 0.29) is 28.6 Å². The molecule has 0 aliphatic carbocycles. The van der Waals surface area contributed by atoms with Gasteiger partial charge >= 0.3 is 5.97 Å². The summed E-state index contributed by atoms with van der Waals surface area (Å²) in [6, 6.07) is 11.2. The molecular formula is C18H16N4O4. The minimum absolute atomic E-state index is 0.0623. The highest BCUT2D eigenvalue weighted by Crippen LogP contribution is 2.35. The first kappa shape index (κ1) is 17.2. The number of nitrogens with zero attached hydrogens (tertiary/aromatic N) is 4. The Morgan fingerprint density at radius 3 is 2.50 bits per heavy atom. The number of phenols is 1. The van der Waals surface area contributed by atoms with Crippen molar-refractivity contribution < 1.29 is 20.1 Å². The molecule has 0 saturated heterocycles. The maximum Gasteiger partial charge on any atom is 0.335 e. The van der Waals surface area contributed by atoms with E-state index in [4.69, 9.17) is 5.11 Å². The average Bonchev–Trinajstić information content (AvgIpc) is 2.88. The topological polar surface area (TPSA) is 120 Å². The molecule has 0 radical (unpaired) electrons. The zero-order valence-electron chi connectivity index (χ0n) is 14.1. The number of carbonyl (C=O) groups is 1. The lowest BCUT2D eigenvalue weighted by Crippen LogP contribution is -1.96. The number of hydrogen-bond donors (Lipinski definition) is 3. The molecule has 1 heterocycles. The van der Waals surface area contributed by atoms with Gasteiger partial charge in [0.05, 0.1) is 16.9 Å². The molecular weight excluding hydrogens is 336 g/mol. The molecule has 0 bridgehead atoms. The lowest BCUT2D eigenvalue weighted by molar-refractivity contribution is 0.0696. The van der Waals surface area contributed by atoms with E-state index in [2.05, 4.69) is 15.3 Å². The molecule has 0 unspecified atom stereocenters. The first-order chi connectivity index (χ1) is 12.4. The van der Waals surface area contributed by atoms with E-state index in [1.165, 1.54) is 16.8 Å². The van der Waals surface area contributed by atoms with Crippen LogP contribution in [-0.2, 0) is 0 Å². The van der Waals surface area contributed by atoms with Crippen LogP contribution in [-0.4, -0.2) is 31.1 Å². The van der Waals surface area contributed by atoms with Crippen LogP contribution < -0.4 is 0 Å². The fourth-order valence-corrected chi connectivity index (χ4v) is 2.41. The summed E-state index contributed by atoms with van der Waals surface area (Å²) < 4.78 is 1.35. The number of benzene rings is 2. The Morgan fingerprint density at radius 1 is 1.08 bits per heavy atom. The molecule has 0 spiro atoms. The molecule has 3 N–H and O–H groups in total. The summed E-state index contributed by atoms with van der Waals surface area (Å²) in [5.41, 5.74) is 2.33.